The molecule has 0 atom stereocenters. The Hall–Kier alpha value is -1.69. The number of amides is 2. The molecule has 1 saturated heterocycles. The summed E-state index contributed by atoms with van der Waals surface area (Å²) >= 11 is 5.64. The monoisotopic (exact) mass is 286 g/mol. The zero-order chi connectivity index (χ0) is 13.8. The van der Waals surface area contributed by atoms with Crippen molar-refractivity contribution >= 4 is 23.6 Å². The van der Waals surface area contributed by atoms with Gasteiger partial charge in [-0.2, -0.15) is 0 Å². The lowest BCUT2D eigenvalue weighted by Crippen LogP contribution is -2.50. The van der Waals surface area contributed by atoms with Crippen LogP contribution in [0.4, 0.5) is 4.79 Å². The first kappa shape index (κ1) is 13.7. The third-order valence-corrected chi connectivity index (χ3v) is 3.08. The van der Waals surface area contributed by atoms with E-state index < -0.39 is 0 Å². The van der Waals surface area contributed by atoms with Crippen molar-refractivity contribution < 1.29 is 18.7 Å². The first-order valence-electron chi connectivity index (χ1n) is 6.08. The van der Waals surface area contributed by atoms with Crippen LogP contribution in [0.15, 0.2) is 16.5 Å². The lowest BCUT2D eigenvalue weighted by Gasteiger charge is -2.33. The van der Waals surface area contributed by atoms with Gasteiger partial charge in [0.1, 0.15) is 0 Å². The highest BCUT2D eigenvalue weighted by Crippen LogP contribution is 2.16. The third kappa shape index (κ3) is 3.20. The number of halogens is 1. The minimum absolute atomic E-state index is 0.188. The first-order chi connectivity index (χ1) is 9.11. The summed E-state index contributed by atoms with van der Waals surface area (Å²) in [6.07, 6.45) is -0.337. The number of furan rings is 1. The lowest BCUT2D eigenvalue weighted by atomic mass is 10.3. The Morgan fingerprint density at radius 2 is 1.89 bits per heavy atom. The Morgan fingerprint density at radius 3 is 2.42 bits per heavy atom. The zero-order valence-electron chi connectivity index (χ0n) is 10.6. The molecule has 1 fully saturated rings. The lowest BCUT2D eigenvalue weighted by molar-refractivity contribution is 0.0546. The first-order valence-corrected chi connectivity index (χ1v) is 6.46. The molecule has 0 unspecified atom stereocenters. The number of hydrogen-bond acceptors (Lipinski definition) is 4. The average molecular weight is 287 g/mol. The number of piperazine rings is 1. The van der Waals surface area contributed by atoms with Crippen molar-refractivity contribution in [2.45, 2.75) is 6.92 Å². The van der Waals surface area contributed by atoms with E-state index in [1.54, 1.807) is 22.8 Å². The van der Waals surface area contributed by atoms with Crippen molar-refractivity contribution in [2.75, 3.05) is 32.8 Å². The Labute approximate surface area is 115 Å². The van der Waals surface area contributed by atoms with Crippen LogP contribution in [-0.2, 0) is 4.74 Å². The van der Waals surface area contributed by atoms with Crippen LogP contribution in [0.25, 0.3) is 0 Å². The molecule has 0 aromatic carbocycles. The standard InChI is InChI=1S/C12H15ClN2O4/c1-2-18-12(17)15-7-5-14(6-8-15)11(16)9-3-4-10(13)19-9/h3-4H,2,5-8H2,1H3. The number of hydrogen-bond donors (Lipinski definition) is 0. The third-order valence-electron chi connectivity index (χ3n) is 2.88. The molecule has 2 rings (SSSR count). The fourth-order valence-corrected chi connectivity index (χ4v) is 2.04. The van der Waals surface area contributed by atoms with E-state index in [4.69, 9.17) is 20.8 Å². The van der Waals surface area contributed by atoms with E-state index in [9.17, 15) is 9.59 Å². The Morgan fingerprint density at radius 1 is 1.26 bits per heavy atom. The topological polar surface area (TPSA) is 63.0 Å². The molecule has 1 aliphatic rings. The van der Waals surface area contributed by atoms with E-state index in [2.05, 4.69) is 0 Å². The van der Waals surface area contributed by atoms with Crippen molar-refractivity contribution in [3.63, 3.8) is 0 Å². The normalized spacial score (nSPS) is 15.5. The number of carbonyl (C=O) groups excluding carboxylic acids is 2. The summed E-state index contributed by atoms with van der Waals surface area (Å²) in [4.78, 5) is 26.8. The van der Waals surface area contributed by atoms with Gasteiger partial charge in [0.15, 0.2) is 11.0 Å². The summed E-state index contributed by atoms with van der Waals surface area (Å²) in [7, 11) is 0. The number of rotatable bonds is 2. The van der Waals surface area contributed by atoms with E-state index in [1.165, 1.54) is 6.07 Å². The van der Waals surface area contributed by atoms with Crippen molar-refractivity contribution in [1.29, 1.82) is 0 Å². The molecule has 6 nitrogen and oxygen atoms in total. The van der Waals surface area contributed by atoms with E-state index in [1.807, 2.05) is 0 Å². The van der Waals surface area contributed by atoms with Gasteiger partial charge in [0.05, 0.1) is 6.61 Å². The second kappa shape index (κ2) is 5.97. The van der Waals surface area contributed by atoms with Crippen molar-refractivity contribution in [3.05, 3.63) is 23.1 Å². The summed E-state index contributed by atoms with van der Waals surface area (Å²) in [5, 5.41) is 0.188. The molecule has 7 heteroatoms. The minimum Gasteiger partial charge on any atom is -0.450 e. The van der Waals surface area contributed by atoms with Crippen molar-refractivity contribution in [1.82, 2.24) is 9.80 Å². The van der Waals surface area contributed by atoms with E-state index in [0.29, 0.717) is 32.8 Å². The summed E-state index contributed by atoms with van der Waals surface area (Å²) in [6.45, 7) is 3.94. The van der Waals surface area contributed by atoms with Gasteiger partial charge in [0, 0.05) is 26.2 Å². The van der Waals surface area contributed by atoms with Crippen LogP contribution in [0.2, 0.25) is 5.22 Å². The average Bonchev–Trinajstić information content (AvgIpc) is 2.85. The van der Waals surface area contributed by atoms with Gasteiger partial charge in [-0.25, -0.2) is 4.79 Å². The van der Waals surface area contributed by atoms with Crippen LogP contribution in [-0.4, -0.2) is 54.6 Å². The van der Waals surface area contributed by atoms with Crippen LogP contribution in [0.1, 0.15) is 17.5 Å². The summed E-state index contributed by atoms with van der Waals surface area (Å²) in [6, 6.07) is 3.08. The van der Waals surface area contributed by atoms with Crippen LogP contribution in [0.5, 0.6) is 0 Å². The molecule has 0 aliphatic carbocycles. The molecule has 0 saturated carbocycles. The fraction of sp³-hybridized carbons (Fsp3) is 0.500. The van der Waals surface area contributed by atoms with Gasteiger partial charge in [-0.3, -0.25) is 4.79 Å². The van der Waals surface area contributed by atoms with E-state index >= 15 is 0 Å². The molecule has 0 bridgehead atoms. The second-order valence-electron chi connectivity index (χ2n) is 4.08. The SMILES string of the molecule is CCOC(=O)N1CCN(C(=O)c2ccc(Cl)o2)CC1. The molecule has 0 spiro atoms. The Balaban J connectivity index is 1.89. The smallest absolute Gasteiger partial charge is 0.409 e. The second-order valence-corrected chi connectivity index (χ2v) is 4.45. The molecule has 19 heavy (non-hydrogen) atoms. The molecule has 104 valence electrons. The molecular formula is C12H15ClN2O4. The molecule has 1 aromatic rings. The van der Waals surface area contributed by atoms with Gasteiger partial charge >= 0.3 is 6.09 Å². The van der Waals surface area contributed by atoms with Crippen LogP contribution < -0.4 is 0 Å². The Kier molecular flexibility index (Phi) is 4.31. The number of ether oxygens (including phenoxy) is 1. The van der Waals surface area contributed by atoms with Crippen molar-refractivity contribution in [2.24, 2.45) is 0 Å². The molecule has 1 aliphatic heterocycles. The van der Waals surface area contributed by atoms with Crippen LogP contribution in [0, 0.1) is 0 Å². The quantitative estimate of drug-likeness (QED) is 0.832. The molecule has 2 heterocycles. The Bertz CT molecular complexity index is 466. The minimum atomic E-state index is -0.337. The maximum Gasteiger partial charge on any atom is 0.409 e. The molecule has 0 radical (unpaired) electrons. The van der Waals surface area contributed by atoms with Gasteiger partial charge in [-0.1, -0.05) is 0 Å². The maximum absolute atomic E-state index is 12.1. The van der Waals surface area contributed by atoms with Gasteiger partial charge < -0.3 is 19.0 Å². The van der Waals surface area contributed by atoms with E-state index in [0.717, 1.165) is 0 Å². The largest absolute Gasteiger partial charge is 0.450 e. The summed E-state index contributed by atoms with van der Waals surface area (Å²) < 4.78 is 9.99. The number of carbonyl (C=O) groups is 2. The van der Waals surface area contributed by atoms with Gasteiger partial charge in [0.2, 0.25) is 0 Å². The fourth-order valence-electron chi connectivity index (χ4n) is 1.89. The predicted octanol–water partition coefficient (Wildman–Crippen LogP) is 1.85. The molecule has 2 amide bonds. The van der Waals surface area contributed by atoms with E-state index in [-0.39, 0.29) is 23.0 Å². The molecule has 1 aromatic heterocycles. The maximum atomic E-state index is 12.1. The van der Waals surface area contributed by atoms with Crippen molar-refractivity contribution in [3.8, 4) is 0 Å². The highest BCUT2D eigenvalue weighted by molar-refractivity contribution is 6.29. The summed E-state index contributed by atoms with van der Waals surface area (Å²) in [5.74, 6) is 0.00462. The highest BCUT2D eigenvalue weighted by Gasteiger charge is 2.26. The zero-order valence-corrected chi connectivity index (χ0v) is 11.4. The highest BCUT2D eigenvalue weighted by atomic mass is 35.5. The predicted molar refractivity (Wildman–Crippen MR) is 68.2 cm³/mol. The number of nitrogens with zero attached hydrogens (tertiary/aromatic N) is 2. The summed E-state index contributed by atoms with van der Waals surface area (Å²) in [5.41, 5.74) is 0. The van der Waals surface area contributed by atoms with Gasteiger partial charge in [-0.05, 0) is 30.7 Å². The van der Waals surface area contributed by atoms with Crippen LogP contribution in [0.3, 0.4) is 0 Å². The van der Waals surface area contributed by atoms with Gasteiger partial charge in [-0.15, -0.1) is 0 Å². The van der Waals surface area contributed by atoms with Gasteiger partial charge in [0.25, 0.3) is 5.91 Å². The molecular weight excluding hydrogens is 272 g/mol. The van der Waals surface area contributed by atoms with Crippen LogP contribution >= 0.6 is 11.6 Å². The molecule has 0 N–H and O–H groups in total.